The molecule has 0 radical (unpaired) electrons. The maximum Gasteiger partial charge on any atom is 0.241 e. The van der Waals surface area contributed by atoms with Crippen LogP contribution >= 0.6 is 0 Å². The van der Waals surface area contributed by atoms with E-state index in [-0.39, 0.29) is 17.9 Å². The highest BCUT2D eigenvalue weighted by Crippen LogP contribution is 2.27. The minimum absolute atomic E-state index is 0.0235. The van der Waals surface area contributed by atoms with Crippen molar-refractivity contribution in [1.29, 1.82) is 0 Å². The number of anilines is 1. The smallest absolute Gasteiger partial charge is 0.241 e. The van der Waals surface area contributed by atoms with E-state index < -0.39 is 0 Å². The Hall–Kier alpha value is -2.66. The molecule has 0 spiro atoms. The average Bonchev–Trinajstić information content (AvgIpc) is 2.68. The molecular formula is C21H25N3O2. The number of hydrogen-bond acceptors (Lipinski definition) is 3. The molecule has 5 heteroatoms. The summed E-state index contributed by atoms with van der Waals surface area (Å²) in [6.07, 6.45) is 0. The van der Waals surface area contributed by atoms with Gasteiger partial charge in [0.05, 0.1) is 6.04 Å². The molecule has 136 valence electrons. The fraction of sp³-hybridized carbons (Fsp3) is 0.333. The summed E-state index contributed by atoms with van der Waals surface area (Å²) in [4.78, 5) is 28.2. The molecule has 1 fully saturated rings. The Bertz CT molecular complexity index is 768. The second-order valence-electron chi connectivity index (χ2n) is 6.62. The topological polar surface area (TPSA) is 52.7 Å². The van der Waals surface area contributed by atoms with E-state index in [4.69, 9.17) is 0 Å². The van der Waals surface area contributed by atoms with E-state index in [1.54, 1.807) is 6.92 Å². The minimum Gasteiger partial charge on any atom is -0.340 e. The molecule has 1 heterocycles. The third-order valence-corrected chi connectivity index (χ3v) is 4.96. The van der Waals surface area contributed by atoms with Crippen LogP contribution in [0.25, 0.3) is 11.1 Å². The summed E-state index contributed by atoms with van der Waals surface area (Å²) in [7, 11) is 0. The van der Waals surface area contributed by atoms with Gasteiger partial charge in [-0.05, 0) is 18.6 Å². The Morgan fingerprint density at radius 1 is 0.923 bits per heavy atom. The van der Waals surface area contributed by atoms with Crippen molar-refractivity contribution in [2.24, 2.45) is 0 Å². The summed E-state index contributed by atoms with van der Waals surface area (Å²) in [5, 5.41) is 3.08. The van der Waals surface area contributed by atoms with Gasteiger partial charge in [-0.1, -0.05) is 48.5 Å². The fourth-order valence-corrected chi connectivity index (χ4v) is 3.29. The Morgan fingerprint density at radius 3 is 2.19 bits per heavy atom. The number of rotatable bonds is 4. The van der Waals surface area contributed by atoms with Crippen LogP contribution in [0.15, 0.2) is 54.6 Å². The van der Waals surface area contributed by atoms with Crippen molar-refractivity contribution in [2.75, 3.05) is 31.5 Å². The van der Waals surface area contributed by atoms with Crippen LogP contribution < -0.4 is 5.32 Å². The number of nitrogens with zero attached hydrogens (tertiary/aromatic N) is 2. The maximum atomic E-state index is 12.8. The van der Waals surface area contributed by atoms with Gasteiger partial charge in [0.25, 0.3) is 0 Å². The van der Waals surface area contributed by atoms with Gasteiger partial charge in [0, 0.05) is 44.4 Å². The van der Waals surface area contributed by atoms with Crippen LogP contribution in [-0.4, -0.2) is 53.8 Å². The van der Waals surface area contributed by atoms with E-state index in [1.165, 1.54) is 0 Å². The number of carbonyl (C=O) groups excluding carboxylic acids is 2. The van der Waals surface area contributed by atoms with E-state index in [0.717, 1.165) is 16.8 Å². The first kappa shape index (κ1) is 18.1. The van der Waals surface area contributed by atoms with Crippen molar-refractivity contribution in [3.8, 4) is 11.1 Å². The Balaban J connectivity index is 1.68. The van der Waals surface area contributed by atoms with Crippen LogP contribution in [0.1, 0.15) is 13.8 Å². The summed E-state index contributed by atoms with van der Waals surface area (Å²) in [6, 6.07) is 17.6. The quantitative estimate of drug-likeness (QED) is 0.922. The van der Waals surface area contributed by atoms with Crippen molar-refractivity contribution in [1.82, 2.24) is 9.80 Å². The molecule has 1 N–H and O–H groups in total. The molecule has 1 saturated heterocycles. The summed E-state index contributed by atoms with van der Waals surface area (Å²) < 4.78 is 0. The predicted octanol–water partition coefficient (Wildman–Crippen LogP) is 2.84. The van der Waals surface area contributed by atoms with E-state index in [1.807, 2.05) is 66.4 Å². The molecule has 26 heavy (non-hydrogen) atoms. The molecule has 0 aromatic heterocycles. The van der Waals surface area contributed by atoms with Gasteiger partial charge in [0.2, 0.25) is 11.8 Å². The van der Waals surface area contributed by atoms with Gasteiger partial charge in [-0.2, -0.15) is 0 Å². The van der Waals surface area contributed by atoms with Crippen LogP contribution in [0.5, 0.6) is 0 Å². The number of piperazine rings is 1. The first-order valence-corrected chi connectivity index (χ1v) is 9.01. The van der Waals surface area contributed by atoms with E-state index in [2.05, 4.69) is 10.2 Å². The Labute approximate surface area is 154 Å². The van der Waals surface area contributed by atoms with Crippen LogP contribution in [0, 0.1) is 0 Å². The lowest BCUT2D eigenvalue weighted by Gasteiger charge is -2.37. The number of carbonyl (C=O) groups is 2. The standard InChI is InChI=1S/C21H25N3O2/c1-16(23-12-14-24(15-13-23)17(2)25)21(26)22-20-11-7-6-10-19(20)18-8-4-3-5-9-18/h3-11,16H,12-15H2,1-2H3,(H,22,26). The summed E-state index contributed by atoms with van der Waals surface area (Å²) in [5.41, 5.74) is 2.90. The molecule has 2 aromatic carbocycles. The zero-order valence-corrected chi connectivity index (χ0v) is 15.3. The van der Waals surface area contributed by atoms with E-state index >= 15 is 0 Å². The normalized spacial score (nSPS) is 16.2. The van der Waals surface area contributed by atoms with Gasteiger partial charge >= 0.3 is 0 Å². The molecule has 2 amide bonds. The summed E-state index contributed by atoms with van der Waals surface area (Å²) in [6.45, 7) is 6.29. The number of amides is 2. The van der Waals surface area contributed by atoms with Crippen molar-refractivity contribution in [3.63, 3.8) is 0 Å². The van der Waals surface area contributed by atoms with E-state index in [0.29, 0.717) is 26.2 Å². The van der Waals surface area contributed by atoms with Crippen LogP contribution in [0.2, 0.25) is 0 Å². The van der Waals surface area contributed by atoms with Crippen LogP contribution in [0.3, 0.4) is 0 Å². The fourth-order valence-electron chi connectivity index (χ4n) is 3.29. The highest BCUT2D eigenvalue weighted by molar-refractivity contribution is 5.98. The summed E-state index contributed by atoms with van der Waals surface area (Å²) >= 11 is 0. The SMILES string of the molecule is CC(=O)N1CCN(C(C)C(=O)Nc2ccccc2-c2ccccc2)CC1. The second kappa shape index (κ2) is 8.15. The maximum absolute atomic E-state index is 12.8. The van der Waals surface area contributed by atoms with Crippen molar-refractivity contribution < 1.29 is 9.59 Å². The molecule has 1 atom stereocenters. The van der Waals surface area contributed by atoms with Gasteiger partial charge in [-0.15, -0.1) is 0 Å². The van der Waals surface area contributed by atoms with Gasteiger partial charge in [-0.25, -0.2) is 0 Å². The summed E-state index contributed by atoms with van der Waals surface area (Å²) in [5.74, 6) is 0.0724. The average molecular weight is 351 g/mol. The lowest BCUT2D eigenvalue weighted by atomic mass is 10.0. The van der Waals surface area contributed by atoms with Gasteiger partial charge in [-0.3, -0.25) is 14.5 Å². The highest BCUT2D eigenvalue weighted by atomic mass is 16.2. The van der Waals surface area contributed by atoms with Crippen molar-refractivity contribution >= 4 is 17.5 Å². The second-order valence-corrected chi connectivity index (χ2v) is 6.62. The highest BCUT2D eigenvalue weighted by Gasteiger charge is 2.26. The number of benzene rings is 2. The largest absolute Gasteiger partial charge is 0.340 e. The minimum atomic E-state index is -0.243. The molecule has 5 nitrogen and oxygen atoms in total. The van der Waals surface area contributed by atoms with Gasteiger partial charge in [0.1, 0.15) is 0 Å². The van der Waals surface area contributed by atoms with Gasteiger partial charge in [0.15, 0.2) is 0 Å². The third-order valence-electron chi connectivity index (χ3n) is 4.96. The molecule has 2 aromatic rings. The molecule has 0 bridgehead atoms. The number of hydrogen-bond donors (Lipinski definition) is 1. The molecule has 1 unspecified atom stereocenters. The molecular weight excluding hydrogens is 326 g/mol. The zero-order valence-electron chi connectivity index (χ0n) is 15.3. The molecule has 0 saturated carbocycles. The third kappa shape index (κ3) is 4.11. The monoisotopic (exact) mass is 351 g/mol. The van der Waals surface area contributed by atoms with Crippen LogP contribution in [0.4, 0.5) is 5.69 Å². The van der Waals surface area contributed by atoms with Gasteiger partial charge < -0.3 is 10.2 Å². The zero-order chi connectivity index (χ0) is 18.5. The number of nitrogens with one attached hydrogen (secondary N) is 1. The lowest BCUT2D eigenvalue weighted by Crippen LogP contribution is -2.53. The molecule has 0 aliphatic carbocycles. The molecule has 3 rings (SSSR count). The Morgan fingerprint density at radius 2 is 1.54 bits per heavy atom. The predicted molar refractivity (Wildman–Crippen MR) is 104 cm³/mol. The molecule has 1 aliphatic heterocycles. The van der Waals surface area contributed by atoms with Crippen LogP contribution in [-0.2, 0) is 9.59 Å². The first-order valence-electron chi connectivity index (χ1n) is 9.01. The Kier molecular flexibility index (Phi) is 5.68. The molecule has 1 aliphatic rings. The first-order chi connectivity index (χ1) is 12.6. The van der Waals surface area contributed by atoms with E-state index in [9.17, 15) is 9.59 Å². The lowest BCUT2D eigenvalue weighted by molar-refractivity contribution is -0.131. The van der Waals surface area contributed by atoms with Crippen molar-refractivity contribution in [3.05, 3.63) is 54.6 Å². The number of para-hydroxylation sites is 1. The van der Waals surface area contributed by atoms with Crippen molar-refractivity contribution in [2.45, 2.75) is 19.9 Å².